The Balaban J connectivity index is 0.495. The zero-order chi connectivity index (χ0) is 87.9. The van der Waals surface area contributed by atoms with Crippen LogP contribution in [0.4, 0.5) is 0 Å². The summed E-state index contributed by atoms with van der Waals surface area (Å²) in [6.07, 6.45) is 0. The molecule has 626 valence electrons. The Kier molecular flexibility index (Phi) is 16.0. The number of aromatic nitrogens is 6. The Bertz CT molecular complexity index is 10300. The molecular formula is C126H74N6S3. The van der Waals surface area contributed by atoms with Crippen LogP contribution in [0.3, 0.4) is 0 Å². The van der Waals surface area contributed by atoms with E-state index in [1.807, 2.05) is 34.0 Å². The molecule has 0 N–H and O–H groups in total. The van der Waals surface area contributed by atoms with Crippen LogP contribution in [-0.4, -0.2) is 27.4 Å². The number of para-hydroxylation sites is 6. The molecule has 0 unspecified atom stereocenters. The van der Waals surface area contributed by atoms with Crippen LogP contribution in [0, 0.1) is 0 Å². The van der Waals surface area contributed by atoms with Crippen molar-refractivity contribution in [1.82, 2.24) is 27.4 Å². The molecule has 6 nitrogen and oxygen atoms in total. The van der Waals surface area contributed by atoms with Gasteiger partial charge in [-0.1, -0.05) is 273 Å². The van der Waals surface area contributed by atoms with Crippen molar-refractivity contribution < 1.29 is 0 Å². The number of hydrogen-bond donors (Lipinski definition) is 0. The molecule has 0 aliphatic heterocycles. The molecule has 0 spiro atoms. The third-order valence-corrected chi connectivity index (χ3v) is 32.5. The summed E-state index contributed by atoms with van der Waals surface area (Å²) < 4.78 is 22.7. The minimum Gasteiger partial charge on any atom is -0.309 e. The molecular weight excluding hydrogens is 1690 g/mol. The number of nitrogens with zero attached hydrogens (tertiary/aromatic N) is 6. The van der Waals surface area contributed by atoms with Gasteiger partial charge in [0.25, 0.3) is 0 Å². The van der Waals surface area contributed by atoms with Crippen molar-refractivity contribution in [3.8, 4) is 89.8 Å². The Hall–Kier alpha value is -16.9. The molecule has 21 aromatic carbocycles. The van der Waals surface area contributed by atoms with Gasteiger partial charge in [-0.2, -0.15) is 0 Å². The minimum absolute atomic E-state index is 1.11. The highest BCUT2D eigenvalue weighted by Crippen LogP contribution is 2.52. The normalized spacial score (nSPS) is 12.3. The summed E-state index contributed by atoms with van der Waals surface area (Å²) in [5, 5.41) is 22.7. The van der Waals surface area contributed by atoms with Crippen molar-refractivity contribution in [2.24, 2.45) is 0 Å². The van der Waals surface area contributed by atoms with E-state index in [2.05, 4.69) is 476 Å². The van der Waals surface area contributed by atoms with E-state index in [0.717, 1.165) is 56.2 Å². The van der Waals surface area contributed by atoms with Gasteiger partial charge in [0.05, 0.1) is 71.9 Å². The highest BCUT2D eigenvalue weighted by Gasteiger charge is 2.28. The topological polar surface area (TPSA) is 29.6 Å². The highest BCUT2D eigenvalue weighted by atomic mass is 32.1. The number of benzene rings is 21. The molecule has 0 radical (unpaired) electrons. The fourth-order valence-electron chi connectivity index (χ4n) is 23.2. The Labute approximate surface area is 785 Å². The fraction of sp³-hybridized carbons (Fsp3) is 0. The number of fused-ring (bicyclic) bond motifs is 30. The quantitative estimate of drug-likeness (QED) is 0.124. The van der Waals surface area contributed by atoms with Gasteiger partial charge < -0.3 is 27.4 Å². The maximum atomic E-state index is 2.53. The first kappa shape index (κ1) is 74.8. The molecule has 9 heterocycles. The van der Waals surface area contributed by atoms with E-state index in [1.54, 1.807) is 0 Å². The van der Waals surface area contributed by atoms with Crippen LogP contribution >= 0.6 is 34.0 Å². The molecule has 0 aliphatic rings. The lowest BCUT2D eigenvalue weighted by Crippen LogP contribution is -1.95. The minimum atomic E-state index is 1.11. The average molecular weight is 1770 g/mol. The van der Waals surface area contributed by atoms with E-state index in [-0.39, 0.29) is 0 Å². The Morgan fingerprint density at radius 2 is 0.444 bits per heavy atom. The molecule has 0 saturated carbocycles. The molecule has 0 bridgehead atoms. The van der Waals surface area contributed by atoms with Crippen LogP contribution in [0.2, 0.25) is 0 Å². The summed E-state index contributed by atoms with van der Waals surface area (Å²) in [6, 6.07) is 168. The smallest absolute Gasteiger partial charge is 0.0555 e. The summed E-state index contributed by atoms with van der Waals surface area (Å²) in [4.78, 5) is 0. The van der Waals surface area contributed by atoms with Gasteiger partial charge in [-0.15, -0.1) is 34.0 Å². The van der Waals surface area contributed by atoms with Crippen molar-refractivity contribution in [2.75, 3.05) is 0 Å². The van der Waals surface area contributed by atoms with Crippen LogP contribution < -0.4 is 0 Å². The monoisotopic (exact) mass is 1770 g/mol. The van der Waals surface area contributed by atoms with Crippen LogP contribution in [0.5, 0.6) is 0 Å². The third-order valence-electron chi connectivity index (χ3n) is 29.0. The van der Waals surface area contributed by atoms with E-state index >= 15 is 0 Å². The Morgan fingerprint density at radius 1 is 0.133 bits per heavy atom. The number of thiophene rings is 3. The van der Waals surface area contributed by atoms with E-state index in [9.17, 15) is 0 Å². The zero-order valence-corrected chi connectivity index (χ0v) is 75.1. The van der Waals surface area contributed by atoms with Crippen molar-refractivity contribution in [3.05, 3.63) is 449 Å². The van der Waals surface area contributed by atoms with Gasteiger partial charge in [0.2, 0.25) is 0 Å². The third kappa shape index (κ3) is 11.0. The number of hydrogen-bond acceptors (Lipinski definition) is 3. The van der Waals surface area contributed by atoms with Crippen LogP contribution in [0.25, 0.3) is 281 Å². The summed E-state index contributed by atoms with van der Waals surface area (Å²) in [5.74, 6) is 0. The SMILES string of the molecule is c1ccc(-n2c3ccccc3c3c4c5ccc(-c6ccc7c(c6)sc6c(-c8ccc(-n9c%10ccccc%10c%10c%11c%12ccc(-c%13cccc(-c%14ccc(-n%15c%16ccccc%16c%16c%17c%18ccccc%18n(-c%18cccc%19sc%20ccccc%20c%18%19)c%17ccc%16%15)cc%14)c%13)cc%12n(-c%12ccccc%12)c%11ccc%109)cc8)cccc67)cc5n(-c5cccc(-c6ccc7c(c6)sc6ccccc67)c5)c4ccc32)cc1. The molecule has 0 fully saturated rings. The fourth-order valence-corrected chi connectivity index (χ4v) is 26.7. The summed E-state index contributed by atoms with van der Waals surface area (Å²) in [6.45, 7) is 0. The summed E-state index contributed by atoms with van der Waals surface area (Å²) in [7, 11) is 0. The molecule has 0 saturated heterocycles. The van der Waals surface area contributed by atoms with Gasteiger partial charge in [-0.25, -0.2) is 0 Å². The molecule has 0 amide bonds. The van der Waals surface area contributed by atoms with E-state index in [0.29, 0.717) is 0 Å². The first-order chi connectivity index (χ1) is 67.0. The predicted octanol–water partition coefficient (Wildman–Crippen LogP) is 35.7. The van der Waals surface area contributed by atoms with Crippen LogP contribution in [0.1, 0.15) is 0 Å². The molecule has 9 heteroatoms. The van der Waals surface area contributed by atoms with Crippen LogP contribution in [-0.2, 0) is 0 Å². The molecule has 0 atom stereocenters. The zero-order valence-electron chi connectivity index (χ0n) is 72.6. The van der Waals surface area contributed by atoms with E-state index in [4.69, 9.17) is 0 Å². The molecule has 135 heavy (non-hydrogen) atoms. The lowest BCUT2D eigenvalue weighted by atomic mass is 9.97. The lowest BCUT2D eigenvalue weighted by Gasteiger charge is -2.12. The predicted molar refractivity (Wildman–Crippen MR) is 578 cm³/mol. The Morgan fingerprint density at radius 3 is 0.970 bits per heavy atom. The van der Waals surface area contributed by atoms with Crippen molar-refractivity contribution in [2.45, 2.75) is 0 Å². The molecule has 30 rings (SSSR count). The standard InChI is InChI=1S/C126H74N6S3/c1-3-26-84(27-4-1)127-101-39-13-7-32-94(101)121-106(127)64-66-110-125(121)99-62-54-81(72-113(99)131(110)88-30-20-25-79(70-88)82-51-59-91-90-31-11-17-44-114(90)134-117(91)73-82)83-52-60-92-93-38-21-37-89(126(93)135-118(92)74-83)76-49-57-87(58-50-76)129-103-41-15-9-34-96(103)122-107(129)63-65-109-124(122)98-61-53-80(71-112(98)130(109)85-28-5-2-6-29-85)78-24-19-23-77(69-78)75-47-55-86(56-48-75)128-102-40-14-8-33-95(102)120-108(128)67-68-111-123(120)97-35-10-16-42-104(97)132(111)105-43-22-46-116-119(105)100-36-12-18-45-115(100)133-116/h1-74H. The van der Waals surface area contributed by atoms with E-state index in [1.165, 1.54) is 225 Å². The van der Waals surface area contributed by atoms with E-state index < -0.39 is 0 Å². The molecule has 9 aromatic heterocycles. The lowest BCUT2D eigenvalue weighted by molar-refractivity contribution is 1.17. The van der Waals surface area contributed by atoms with Crippen molar-refractivity contribution in [3.63, 3.8) is 0 Å². The average Bonchev–Trinajstić information content (AvgIpc) is 1.56. The van der Waals surface area contributed by atoms with Gasteiger partial charge in [0.15, 0.2) is 0 Å². The first-order valence-corrected chi connectivity index (χ1v) is 48.7. The van der Waals surface area contributed by atoms with Crippen LogP contribution in [0.15, 0.2) is 449 Å². The van der Waals surface area contributed by atoms with Crippen molar-refractivity contribution >= 4 is 225 Å². The number of rotatable bonds is 11. The van der Waals surface area contributed by atoms with Gasteiger partial charge >= 0.3 is 0 Å². The maximum absolute atomic E-state index is 2.53. The molecule has 0 aliphatic carbocycles. The van der Waals surface area contributed by atoms with Gasteiger partial charge in [0, 0.05) is 154 Å². The van der Waals surface area contributed by atoms with Gasteiger partial charge in [-0.05, 0) is 232 Å². The molecule has 30 aromatic rings. The second kappa shape index (κ2) is 28.8. The van der Waals surface area contributed by atoms with Crippen molar-refractivity contribution in [1.29, 1.82) is 0 Å². The first-order valence-electron chi connectivity index (χ1n) is 46.2. The second-order valence-corrected chi connectivity index (χ2v) is 39.3. The maximum Gasteiger partial charge on any atom is 0.0555 e. The summed E-state index contributed by atoms with van der Waals surface area (Å²) >= 11 is 5.64. The largest absolute Gasteiger partial charge is 0.309 e. The van der Waals surface area contributed by atoms with Gasteiger partial charge in [0.1, 0.15) is 0 Å². The second-order valence-electron chi connectivity index (χ2n) is 36.1. The highest BCUT2D eigenvalue weighted by molar-refractivity contribution is 7.27. The van der Waals surface area contributed by atoms with Gasteiger partial charge in [-0.3, -0.25) is 0 Å². The summed E-state index contributed by atoms with van der Waals surface area (Å²) in [5.41, 5.74) is 32.8.